The van der Waals surface area contributed by atoms with Gasteiger partial charge in [-0.25, -0.2) is 0 Å². The summed E-state index contributed by atoms with van der Waals surface area (Å²) in [5.74, 6) is -0.631. The van der Waals surface area contributed by atoms with Crippen molar-refractivity contribution in [2.45, 2.75) is 6.92 Å². The SMILES string of the molecule is Cc1cccc(C(=O)Nc2cc(C(=O)Nc3cccc(Cl)c3)ccc2Cl)c1. The van der Waals surface area contributed by atoms with Gasteiger partial charge in [0, 0.05) is 21.8 Å². The number of hydrogen-bond donors (Lipinski definition) is 2. The van der Waals surface area contributed by atoms with Crippen molar-refractivity contribution in [2.75, 3.05) is 10.6 Å². The number of amides is 2. The molecule has 0 spiro atoms. The molecule has 0 aliphatic heterocycles. The highest BCUT2D eigenvalue weighted by Gasteiger charge is 2.13. The standard InChI is InChI=1S/C21H16Cl2N2O2/c1-13-4-2-5-14(10-13)21(27)25-19-11-15(8-9-18(19)23)20(26)24-17-7-3-6-16(22)12-17/h2-12H,1H3,(H,24,26)(H,25,27). The van der Waals surface area contributed by atoms with E-state index in [0.29, 0.717) is 32.5 Å². The maximum Gasteiger partial charge on any atom is 0.255 e. The molecule has 3 aromatic rings. The Kier molecular flexibility index (Phi) is 5.79. The summed E-state index contributed by atoms with van der Waals surface area (Å²) >= 11 is 12.1. The van der Waals surface area contributed by atoms with Gasteiger partial charge in [0.05, 0.1) is 10.7 Å². The zero-order chi connectivity index (χ0) is 19.4. The number of anilines is 2. The molecule has 0 aliphatic carbocycles. The Morgan fingerprint density at radius 1 is 0.778 bits per heavy atom. The minimum Gasteiger partial charge on any atom is -0.322 e. The summed E-state index contributed by atoms with van der Waals surface area (Å²) in [6.07, 6.45) is 0. The molecule has 0 bridgehead atoms. The van der Waals surface area contributed by atoms with Crippen molar-refractivity contribution >= 4 is 46.4 Å². The first-order valence-electron chi connectivity index (χ1n) is 8.17. The molecule has 27 heavy (non-hydrogen) atoms. The lowest BCUT2D eigenvalue weighted by Gasteiger charge is -2.11. The molecule has 6 heteroatoms. The molecule has 0 saturated carbocycles. The summed E-state index contributed by atoms with van der Waals surface area (Å²) in [5.41, 5.74) is 2.79. The molecule has 0 heterocycles. The molecule has 0 unspecified atom stereocenters. The lowest BCUT2D eigenvalue weighted by molar-refractivity contribution is 0.101. The first-order chi connectivity index (χ1) is 12.9. The molecule has 2 amide bonds. The number of aryl methyl sites for hydroxylation is 1. The van der Waals surface area contributed by atoms with Crippen LogP contribution in [0.1, 0.15) is 26.3 Å². The third kappa shape index (κ3) is 4.88. The lowest BCUT2D eigenvalue weighted by atomic mass is 10.1. The second kappa shape index (κ2) is 8.25. The molecule has 0 saturated heterocycles. The van der Waals surface area contributed by atoms with Gasteiger partial charge in [0.2, 0.25) is 0 Å². The van der Waals surface area contributed by atoms with E-state index in [9.17, 15) is 9.59 Å². The average Bonchev–Trinajstić information content (AvgIpc) is 2.63. The van der Waals surface area contributed by atoms with Crippen LogP contribution in [0.25, 0.3) is 0 Å². The van der Waals surface area contributed by atoms with Crippen LogP contribution in [0, 0.1) is 6.92 Å². The van der Waals surface area contributed by atoms with Crippen LogP contribution in [0.3, 0.4) is 0 Å². The zero-order valence-corrected chi connectivity index (χ0v) is 15.9. The van der Waals surface area contributed by atoms with Crippen LogP contribution in [0.15, 0.2) is 66.7 Å². The molecular formula is C21H16Cl2N2O2. The van der Waals surface area contributed by atoms with E-state index < -0.39 is 0 Å². The first-order valence-corrected chi connectivity index (χ1v) is 8.92. The highest BCUT2D eigenvalue weighted by molar-refractivity contribution is 6.34. The second-order valence-electron chi connectivity index (χ2n) is 5.98. The van der Waals surface area contributed by atoms with Gasteiger partial charge in [0.1, 0.15) is 0 Å². The zero-order valence-electron chi connectivity index (χ0n) is 14.4. The van der Waals surface area contributed by atoms with Crippen LogP contribution in [-0.2, 0) is 0 Å². The van der Waals surface area contributed by atoms with Crippen LogP contribution < -0.4 is 10.6 Å². The highest BCUT2D eigenvalue weighted by Crippen LogP contribution is 2.25. The summed E-state index contributed by atoms with van der Waals surface area (Å²) in [4.78, 5) is 24.9. The molecule has 0 aliphatic rings. The van der Waals surface area contributed by atoms with Crippen molar-refractivity contribution in [3.05, 3.63) is 93.5 Å². The van der Waals surface area contributed by atoms with Crippen molar-refractivity contribution < 1.29 is 9.59 Å². The molecule has 3 aromatic carbocycles. The molecular weight excluding hydrogens is 383 g/mol. The van der Waals surface area contributed by atoms with Crippen LogP contribution in [0.5, 0.6) is 0 Å². The van der Waals surface area contributed by atoms with E-state index in [1.807, 2.05) is 13.0 Å². The molecule has 4 nitrogen and oxygen atoms in total. The van der Waals surface area contributed by atoms with E-state index in [1.165, 1.54) is 6.07 Å². The lowest BCUT2D eigenvalue weighted by Crippen LogP contribution is -2.15. The first kappa shape index (κ1) is 19.0. The minimum atomic E-state index is -0.333. The molecule has 3 rings (SSSR count). The topological polar surface area (TPSA) is 58.2 Å². The Morgan fingerprint density at radius 2 is 1.48 bits per heavy atom. The van der Waals surface area contributed by atoms with Gasteiger partial charge >= 0.3 is 0 Å². The normalized spacial score (nSPS) is 10.3. The van der Waals surface area contributed by atoms with Gasteiger partial charge in [-0.15, -0.1) is 0 Å². The van der Waals surface area contributed by atoms with Gasteiger partial charge in [-0.3, -0.25) is 9.59 Å². The van der Waals surface area contributed by atoms with Crippen molar-refractivity contribution in [1.82, 2.24) is 0 Å². The van der Waals surface area contributed by atoms with E-state index in [0.717, 1.165) is 5.56 Å². The Labute approximate surface area is 167 Å². The van der Waals surface area contributed by atoms with Gasteiger partial charge in [-0.1, -0.05) is 47.0 Å². The number of benzene rings is 3. The van der Waals surface area contributed by atoms with Crippen LogP contribution in [0.2, 0.25) is 10.0 Å². The third-order valence-corrected chi connectivity index (χ3v) is 4.40. The summed E-state index contributed by atoms with van der Waals surface area (Å²) in [5, 5.41) is 6.38. The maximum absolute atomic E-state index is 12.5. The molecule has 0 aromatic heterocycles. The van der Waals surface area contributed by atoms with Crippen molar-refractivity contribution in [1.29, 1.82) is 0 Å². The minimum absolute atomic E-state index is 0.298. The van der Waals surface area contributed by atoms with Crippen LogP contribution in [-0.4, -0.2) is 11.8 Å². The Bertz CT molecular complexity index is 1020. The predicted octanol–water partition coefficient (Wildman–Crippen LogP) is 5.81. The van der Waals surface area contributed by atoms with Crippen LogP contribution >= 0.6 is 23.2 Å². The smallest absolute Gasteiger partial charge is 0.255 e. The van der Waals surface area contributed by atoms with E-state index >= 15 is 0 Å². The van der Waals surface area contributed by atoms with Gasteiger partial charge in [0.25, 0.3) is 11.8 Å². The number of rotatable bonds is 4. The molecule has 0 atom stereocenters. The van der Waals surface area contributed by atoms with E-state index in [4.69, 9.17) is 23.2 Å². The third-order valence-electron chi connectivity index (χ3n) is 3.84. The molecule has 0 fully saturated rings. The number of hydrogen-bond acceptors (Lipinski definition) is 2. The Balaban J connectivity index is 1.79. The van der Waals surface area contributed by atoms with Gasteiger partial charge in [-0.2, -0.15) is 0 Å². The number of halogens is 2. The quantitative estimate of drug-likeness (QED) is 0.582. The summed E-state index contributed by atoms with van der Waals surface area (Å²) in [6, 6.07) is 18.7. The second-order valence-corrected chi connectivity index (χ2v) is 6.83. The van der Waals surface area contributed by atoms with Crippen molar-refractivity contribution in [2.24, 2.45) is 0 Å². The fourth-order valence-corrected chi connectivity index (χ4v) is 2.87. The maximum atomic E-state index is 12.5. The summed E-state index contributed by atoms with van der Waals surface area (Å²) in [6.45, 7) is 1.91. The number of carbonyl (C=O) groups excluding carboxylic acids is 2. The monoisotopic (exact) mass is 398 g/mol. The number of carbonyl (C=O) groups is 2. The van der Waals surface area contributed by atoms with Gasteiger partial charge in [0.15, 0.2) is 0 Å². The molecule has 136 valence electrons. The number of nitrogens with one attached hydrogen (secondary N) is 2. The fourth-order valence-electron chi connectivity index (χ4n) is 2.51. The fraction of sp³-hybridized carbons (Fsp3) is 0.0476. The van der Waals surface area contributed by atoms with Crippen molar-refractivity contribution in [3.63, 3.8) is 0 Å². The average molecular weight is 399 g/mol. The van der Waals surface area contributed by atoms with Gasteiger partial charge < -0.3 is 10.6 Å². The predicted molar refractivity (Wildman–Crippen MR) is 110 cm³/mol. The Hall–Kier alpha value is -2.82. The van der Waals surface area contributed by atoms with E-state index in [1.54, 1.807) is 54.6 Å². The van der Waals surface area contributed by atoms with E-state index in [-0.39, 0.29) is 11.8 Å². The van der Waals surface area contributed by atoms with Gasteiger partial charge in [-0.05, 0) is 55.5 Å². The Morgan fingerprint density at radius 3 is 2.22 bits per heavy atom. The van der Waals surface area contributed by atoms with Crippen molar-refractivity contribution in [3.8, 4) is 0 Å². The highest BCUT2D eigenvalue weighted by atomic mass is 35.5. The van der Waals surface area contributed by atoms with Crippen LogP contribution in [0.4, 0.5) is 11.4 Å². The largest absolute Gasteiger partial charge is 0.322 e. The molecule has 2 N–H and O–H groups in total. The summed E-state index contributed by atoms with van der Waals surface area (Å²) in [7, 11) is 0. The van der Waals surface area contributed by atoms with E-state index in [2.05, 4.69) is 10.6 Å². The molecule has 0 radical (unpaired) electrons. The summed E-state index contributed by atoms with van der Waals surface area (Å²) < 4.78 is 0.